The summed E-state index contributed by atoms with van der Waals surface area (Å²) in [4.78, 5) is 14.8. The lowest BCUT2D eigenvalue weighted by Crippen LogP contribution is -2.35. The van der Waals surface area contributed by atoms with Gasteiger partial charge in [-0.25, -0.2) is 0 Å². The van der Waals surface area contributed by atoms with Crippen LogP contribution in [0, 0.1) is 17.2 Å². The molecule has 2 heterocycles. The van der Waals surface area contributed by atoms with Gasteiger partial charge in [-0.1, -0.05) is 6.07 Å². The number of likely N-dealkylation sites (tertiary alicyclic amines) is 1. The molecule has 2 unspecified atom stereocenters. The van der Waals surface area contributed by atoms with Crippen molar-refractivity contribution in [3.05, 3.63) is 22.4 Å². The van der Waals surface area contributed by atoms with Gasteiger partial charge in [-0.05, 0) is 18.4 Å². The Hall–Kier alpha value is -1.34. The highest BCUT2D eigenvalue weighted by molar-refractivity contribution is 7.09. The highest BCUT2D eigenvalue weighted by Gasteiger charge is 2.32. The third-order valence-corrected chi connectivity index (χ3v) is 3.85. The molecule has 3 nitrogen and oxygen atoms in total. The minimum absolute atomic E-state index is 0.113. The standard InChI is InChI=1S/C12H14N2OS/c1-9(5-11-3-2-4-16-11)14-8-10(7-13)6-12(14)15/h2-4,9-10H,5-6,8H2,1H3. The maximum absolute atomic E-state index is 11.7. The van der Waals surface area contributed by atoms with Crippen molar-refractivity contribution in [1.29, 1.82) is 5.26 Å². The van der Waals surface area contributed by atoms with Crippen LogP contribution in [-0.2, 0) is 11.2 Å². The van der Waals surface area contributed by atoms with Gasteiger partial charge in [0.05, 0.1) is 12.0 Å². The Balaban J connectivity index is 1.98. The molecule has 0 aliphatic carbocycles. The summed E-state index contributed by atoms with van der Waals surface area (Å²) in [6.45, 7) is 2.65. The number of rotatable bonds is 3. The van der Waals surface area contributed by atoms with E-state index in [0.717, 1.165) is 6.42 Å². The van der Waals surface area contributed by atoms with Crippen LogP contribution in [0.15, 0.2) is 17.5 Å². The SMILES string of the molecule is CC(Cc1cccs1)N1CC(C#N)CC1=O. The zero-order chi connectivity index (χ0) is 11.5. The van der Waals surface area contributed by atoms with E-state index in [1.165, 1.54) is 4.88 Å². The van der Waals surface area contributed by atoms with E-state index in [1.807, 2.05) is 16.3 Å². The maximum atomic E-state index is 11.7. The molecule has 2 atom stereocenters. The number of hydrogen-bond acceptors (Lipinski definition) is 3. The van der Waals surface area contributed by atoms with Crippen molar-refractivity contribution >= 4 is 17.2 Å². The summed E-state index contributed by atoms with van der Waals surface area (Å²) in [5.41, 5.74) is 0. The second-order valence-electron chi connectivity index (χ2n) is 4.21. The summed E-state index contributed by atoms with van der Waals surface area (Å²) < 4.78 is 0. The summed E-state index contributed by atoms with van der Waals surface area (Å²) in [5.74, 6) is 0.00823. The molecule has 1 aromatic rings. The molecular formula is C12H14N2OS. The summed E-state index contributed by atoms with van der Waals surface area (Å²) in [6, 6.07) is 6.49. The monoisotopic (exact) mass is 234 g/mol. The van der Waals surface area contributed by atoms with E-state index in [1.54, 1.807) is 11.3 Å². The van der Waals surface area contributed by atoms with Crippen molar-refractivity contribution in [3.63, 3.8) is 0 Å². The first kappa shape index (κ1) is 11.2. The maximum Gasteiger partial charge on any atom is 0.224 e. The van der Waals surface area contributed by atoms with E-state index in [4.69, 9.17) is 5.26 Å². The number of nitrogens with zero attached hydrogens (tertiary/aromatic N) is 2. The van der Waals surface area contributed by atoms with Crippen molar-refractivity contribution in [2.45, 2.75) is 25.8 Å². The van der Waals surface area contributed by atoms with Gasteiger partial charge < -0.3 is 4.90 Å². The molecule has 4 heteroatoms. The van der Waals surface area contributed by atoms with Crippen LogP contribution in [0.2, 0.25) is 0 Å². The number of thiophene rings is 1. The quantitative estimate of drug-likeness (QED) is 0.803. The van der Waals surface area contributed by atoms with Crippen molar-refractivity contribution in [3.8, 4) is 6.07 Å². The van der Waals surface area contributed by atoms with Gasteiger partial charge in [0, 0.05) is 30.3 Å². The van der Waals surface area contributed by atoms with Gasteiger partial charge in [0.25, 0.3) is 0 Å². The first-order valence-corrected chi connectivity index (χ1v) is 6.30. The second-order valence-corrected chi connectivity index (χ2v) is 5.24. The number of nitriles is 1. The van der Waals surface area contributed by atoms with Crippen molar-refractivity contribution in [2.75, 3.05) is 6.54 Å². The highest BCUT2D eigenvalue weighted by Crippen LogP contribution is 2.22. The van der Waals surface area contributed by atoms with Crippen LogP contribution in [0.3, 0.4) is 0 Å². The van der Waals surface area contributed by atoms with Gasteiger partial charge in [0.15, 0.2) is 0 Å². The largest absolute Gasteiger partial charge is 0.338 e. The van der Waals surface area contributed by atoms with E-state index >= 15 is 0 Å². The van der Waals surface area contributed by atoms with E-state index in [0.29, 0.717) is 13.0 Å². The molecule has 1 aliphatic rings. The van der Waals surface area contributed by atoms with Gasteiger partial charge in [-0.3, -0.25) is 4.79 Å². The highest BCUT2D eigenvalue weighted by atomic mass is 32.1. The zero-order valence-corrected chi connectivity index (χ0v) is 10.0. The summed E-state index contributed by atoms with van der Waals surface area (Å²) in [7, 11) is 0. The lowest BCUT2D eigenvalue weighted by molar-refractivity contribution is -0.129. The molecular weight excluding hydrogens is 220 g/mol. The van der Waals surface area contributed by atoms with Gasteiger partial charge in [-0.2, -0.15) is 5.26 Å². The molecule has 0 bridgehead atoms. The fourth-order valence-corrected chi connectivity index (χ4v) is 2.90. The van der Waals surface area contributed by atoms with Crippen molar-refractivity contribution in [1.82, 2.24) is 4.90 Å². The molecule has 0 aromatic carbocycles. The van der Waals surface area contributed by atoms with Crippen LogP contribution in [0.25, 0.3) is 0 Å². The minimum atomic E-state index is -0.113. The normalized spacial score (nSPS) is 22.1. The molecule has 1 fully saturated rings. The Morgan fingerprint density at radius 2 is 2.56 bits per heavy atom. The molecule has 1 aliphatic heterocycles. The Kier molecular flexibility index (Phi) is 3.25. The van der Waals surface area contributed by atoms with Crippen LogP contribution in [0.1, 0.15) is 18.2 Å². The predicted octanol–water partition coefficient (Wildman–Crippen LogP) is 2.05. The minimum Gasteiger partial charge on any atom is -0.338 e. The Labute approximate surface area is 99.3 Å². The number of carbonyl (C=O) groups is 1. The zero-order valence-electron chi connectivity index (χ0n) is 9.22. The van der Waals surface area contributed by atoms with Crippen LogP contribution in [-0.4, -0.2) is 23.4 Å². The predicted molar refractivity (Wildman–Crippen MR) is 62.9 cm³/mol. The van der Waals surface area contributed by atoms with Crippen LogP contribution >= 0.6 is 11.3 Å². The fraction of sp³-hybridized carbons (Fsp3) is 0.500. The van der Waals surface area contributed by atoms with Gasteiger partial charge in [-0.15, -0.1) is 11.3 Å². The average Bonchev–Trinajstić information content (AvgIpc) is 2.87. The van der Waals surface area contributed by atoms with E-state index in [-0.39, 0.29) is 17.9 Å². The fourth-order valence-electron chi connectivity index (χ4n) is 2.07. The number of carbonyl (C=O) groups excluding carboxylic acids is 1. The summed E-state index contributed by atoms with van der Waals surface area (Å²) >= 11 is 1.71. The van der Waals surface area contributed by atoms with Gasteiger partial charge in [0.1, 0.15) is 0 Å². The second kappa shape index (κ2) is 4.67. The molecule has 0 radical (unpaired) electrons. The molecule has 1 amide bonds. The molecule has 0 N–H and O–H groups in total. The van der Waals surface area contributed by atoms with E-state index in [9.17, 15) is 4.79 Å². The molecule has 16 heavy (non-hydrogen) atoms. The molecule has 1 aromatic heterocycles. The smallest absolute Gasteiger partial charge is 0.224 e. The van der Waals surface area contributed by atoms with Crippen LogP contribution < -0.4 is 0 Å². The lowest BCUT2D eigenvalue weighted by Gasteiger charge is -2.23. The number of hydrogen-bond donors (Lipinski definition) is 0. The lowest BCUT2D eigenvalue weighted by atomic mass is 10.1. The van der Waals surface area contributed by atoms with Gasteiger partial charge >= 0.3 is 0 Å². The molecule has 84 valence electrons. The molecule has 1 saturated heterocycles. The summed E-state index contributed by atoms with van der Waals surface area (Å²) in [5, 5.41) is 10.9. The molecule has 2 rings (SSSR count). The van der Waals surface area contributed by atoms with Gasteiger partial charge in [0.2, 0.25) is 5.91 Å². The van der Waals surface area contributed by atoms with Crippen molar-refractivity contribution < 1.29 is 4.79 Å². The van der Waals surface area contributed by atoms with Crippen molar-refractivity contribution in [2.24, 2.45) is 5.92 Å². The van der Waals surface area contributed by atoms with E-state index in [2.05, 4.69) is 19.1 Å². The topological polar surface area (TPSA) is 44.1 Å². The van der Waals surface area contributed by atoms with Crippen LogP contribution in [0.4, 0.5) is 0 Å². The Morgan fingerprint density at radius 1 is 1.75 bits per heavy atom. The first-order chi connectivity index (χ1) is 7.70. The Morgan fingerprint density at radius 3 is 3.12 bits per heavy atom. The first-order valence-electron chi connectivity index (χ1n) is 5.42. The Bertz CT molecular complexity index is 407. The molecule has 0 spiro atoms. The third kappa shape index (κ3) is 2.25. The number of amides is 1. The van der Waals surface area contributed by atoms with Crippen LogP contribution in [0.5, 0.6) is 0 Å². The third-order valence-electron chi connectivity index (χ3n) is 2.95. The van der Waals surface area contributed by atoms with E-state index < -0.39 is 0 Å². The molecule has 0 saturated carbocycles. The summed E-state index contributed by atoms with van der Waals surface area (Å²) in [6.07, 6.45) is 1.28. The average molecular weight is 234 g/mol.